The van der Waals surface area contributed by atoms with Crippen LogP contribution in [-0.4, -0.2) is 42.8 Å². The molecule has 208 valence electrons. The summed E-state index contributed by atoms with van der Waals surface area (Å²) in [7, 11) is 0. The second-order valence-electron chi connectivity index (χ2n) is 12.4. The number of hydrogen-bond acceptors (Lipinski definition) is 2. The molecule has 1 rings (SSSR count). The molecule has 2 amide bonds. The van der Waals surface area contributed by atoms with Crippen molar-refractivity contribution in [3.63, 3.8) is 0 Å². The summed E-state index contributed by atoms with van der Waals surface area (Å²) in [5.74, 6) is 3.45. The van der Waals surface area contributed by atoms with Crippen molar-refractivity contribution in [3.05, 3.63) is 0 Å². The van der Waals surface area contributed by atoms with Crippen LogP contribution in [0.15, 0.2) is 0 Å². The van der Waals surface area contributed by atoms with Crippen molar-refractivity contribution in [3.8, 4) is 0 Å². The zero-order valence-electron chi connectivity index (χ0n) is 24.7. The van der Waals surface area contributed by atoms with Crippen LogP contribution in [0.1, 0.15) is 138 Å². The zero-order chi connectivity index (χ0) is 26.1. The van der Waals surface area contributed by atoms with Gasteiger partial charge in [-0.1, -0.05) is 112 Å². The van der Waals surface area contributed by atoms with Gasteiger partial charge in [-0.3, -0.25) is 0 Å². The molecule has 0 aliphatic carbocycles. The summed E-state index contributed by atoms with van der Waals surface area (Å²) >= 11 is 0. The molecule has 0 radical (unpaired) electrons. The van der Waals surface area contributed by atoms with Crippen LogP contribution >= 0.6 is 0 Å². The fourth-order valence-electron chi connectivity index (χ4n) is 5.79. The molecule has 0 aromatic rings. The lowest BCUT2D eigenvalue weighted by atomic mass is 9.91. The van der Waals surface area contributed by atoms with Gasteiger partial charge in [0.1, 0.15) is 0 Å². The highest BCUT2D eigenvalue weighted by Crippen LogP contribution is 2.23. The minimum atomic E-state index is 0.0736. The van der Waals surface area contributed by atoms with Gasteiger partial charge in [0.25, 0.3) is 0 Å². The summed E-state index contributed by atoms with van der Waals surface area (Å²) in [6.07, 6.45) is 19.3. The molecule has 0 aromatic heterocycles. The van der Waals surface area contributed by atoms with Crippen LogP contribution in [-0.2, 0) is 4.74 Å². The Morgan fingerprint density at radius 1 is 0.714 bits per heavy atom. The molecule has 6 unspecified atom stereocenters. The van der Waals surface area contributed by atoms with Gasteiger partial charge in [0.05, 0.1) is 12.2 Å². The number of ether oxygens (including phenoxy) is 1. The monoisotopic (exact) mass is 494 g/mol. The van der Waals surface area contributed by atoms with Gasteiger partial charge in [0, 0.05) is 19.6 Å². The second kappa shape index (κ2) is 19.4. The van der Waals surface area contributed by atoms with E-state index in [0.29, 0.717) is 13.1 Å². The summed E-state index contributed by atoms with van der Waals surface area (Å²) in [4.78, 5) is 14.3. The maximum atomic E-state index is 12.4. The first kappa shape index (κ1) is 32.3. The molecule has 1 aliphatic rings. The second-order valence-corrected chi connectivity index (χ2v) is 12.4. The smallest absolute Gasteiger partial charge is 0.317 e. The maximum Gasteiger partial charge on any atom is 0.317 e. The Labute approximate surface area is 219 Å². The Morgan fingerprint density at radius 2 is 1.11 bits per heavy atom. The number of nitrogens with zero attached hydrogens (tertiary/aromatic N) is 1. The third-order valence-electron chi connectivity index (χ3n) is 8.07. The predicted octanol–water partition coefficient (Wildman–Crippen LogP) is 8.83. The molecule has 1 saturated heterocycles. The molecule has 0 aromatic carbocycles. The van der Waals surface area contributed by atoms with Crippen LogP contribution in [0.3, 0.4) is 0 Å². The van der Waals surface area contributed by atoms with Gasteiger partial charge >= 0.3 is 6.03 Å². The van der Waals surface area contributed by atoms with Crippen molar-refractivity contribution in [1.29, 1.82) is 0 Å². The van der Waals surface area contributed by atoms with Gasteiger partial charge in [0.2, 0.25) is 0 Å². The van der Waals surface area contributed by atoms with Crippen molar-refractivity contribution < 1.29 is 9.53 Å². The molecular formula is C31H62N2O2. The Hall–Kier alpha value is -0.770. The lowest BCUT2D eigenvalue weighted by Crippen LogP contribution is -2.51. The van der Waals surface area contributed by atoms with Gasteiger partial charge in [-0.15, -0.1) is 0 Å². The predicted molar refractivity (Wildman–Crippen MR) is 152 cm³/mol. The van der Waals surface area contributed by atoms with E-state index in [1.807, 2.05) is 18.7 Å². The summed E-state index contributed by atoms with van der Waals surface area (Å²) in [6, 6.07) is 0.0736. The average Bonchev–Trinajstić information content (AvgIpc) is 2.79. The van der Waals surface area contributed by atoms with Crippen LogP contribution in [0, 0.1) is 23.7 Å². The Kier molecular flexibility index (Phi) is 17.8. The van der Waals surface area contributed by atoms with E-state index < -0.39 is 0 Å². The molecule has 35 heavy (non-hydrogen) atoms. The quantitative estimate of drug-likeness (QED) is 0.182. The molecular weight excluding hydrogens is 432 g/mol. The molecule has 0 bridgehead atoms. The molecule has 1 aliphatic heterocycles. The largest absolute Gasteiger partial charge is 0.372 e. The highest BCUT2D eigenvalue weighted by molar-refractivity contribution is 5.74. The molecule has 1 fully saturated rings. The highest BCUT2D eigenvalue weighted by Gasteiger charge is 2.25. The van der Waals surface area contributed by atoms with E-state index in [4.69, 9.17) is 4.74 Å². The van der Waals surface area contributed by atoms with Crippen molar-refractivity contribution in [2.45, 2.75) is 151 Å². The zero-order valence-corrected chi connectivity index (χ0v) is 24.7. The number of morpholine rings is 1. The van der Waals surface area contributed by atoms with E-state index in [1.54, 1.807) is 0 Å². The minimum Gasteiger partial charge on any atom is -0.372 e. The number of amides is 2. The SMILES string of the molecule is CCCC(C)CCCC(C)CCCCC(C)CCCC(C)CCCNC(=O)N1CC(C)OC(C)C1. The van der Waals surface area contributed by atoms with Crippen molar-refractivity contribution in [2.24, 2.45) is 23.7 Å². The van der Waals surface area contributed by atoms with Crippen molar-refractivity contribution in [1.82, 2.24) is 10.2 Å². The molecule has 1 heterocycles. The van der Waals surface area contributed by atoms with Crippen LogP contribution < -0.4 is 5.32 Å². The van der Waals surface area contributed by atoms with Crippen LogP contribution in [0.4, 0.5) is 4.79 Å². The van der Waals surface area contributed by atoms with Crippen molar-refractivity contribution in [2.75, 3.05) is 19.6 Å². The molecule has 0 spiro atoms. The summed E-state index contributed by atoms with van der Waals surface area (Å²) < 4.78 is 5.72. The van der Waals surface area contributed by atoms with Gasteiger partial charge in [-0.05, 0) is 50.4 Å². The van der Waals surface area contributed by atoms with E-state index >= 15 is 0 Å². The van der Waals surface area contributed by atoms with Crippen molar-refractivity contribution >= 4 is 6.03 Å². The maximum absolute atomic E-state index is 12.4. The topological polar surface area (TPSA) is 41.6 Å². The first-order valence-electron chi connectivity index (χ1n) is 15.4. The average molecular weight is 495 g/mol. The number of hydrogen-bond donors (Lipinski definition) is 1. The molecule has 4 nitrogen and oxygen atoms in total. The fourth-order valence-corrected chi connectivity index (χ4v) is 5.79. The normalized spacial score (nSPS) is 22.0. The standard InChI is InChI=1S/C31H62N2O2/c1-8-14-25(2)17-11-18-26(3)15-9-10-16-27(4)19-12-20-28(5)21-13-22-32-31(34)33-23-29(6)35-30(7)24-33/h25-30H,8-24H2,1-7H3,(H,32,34). The summed E-state index contributed by atoms with van der Waals surface area (Å²) in [6.45, 7) is 18.3. The number of urea groups is 1. The van der Waals surface area contributed by atoms with Crippen LogP contribution in [0.25, 0.3) is 0 Å². The summed E-state index contributed by atoms with van der Waals surface area (Å²) in [5, 5.41) is 3.11. The lowest BCUT2D eigenvalue weighted by Gasteiger charge is -2.35. The third kappa shape index (κ3) is 16.6. The van der Waals surface area contributed by atoms with Crippen LogP contribution in [0.5, 0.6) is 0 Å². The van der Waals surface area contributed by atoms with E-state index in [9.17, 15) is 4.79 Å². The van der Waals surface area contributed by atoms with E-state index in [0.717, 1.165) is 36.6 Å². The number of unbranched alkanes of at least 4 members (excludes halogenated alkanes) is 1. The minimum absolute atomic E-state index is 0.0736. The van der Waals surface area contributed by atoms with E-state index in [1.165, 1.54) is 83.5 Å². The van der Waals surface area contributed by atoms with E-state index in [-0.39, 0.29) is 18.2 Å². The number of carbonyl (C=O) groups excluding carboxylic acids is 1. The molecule has 6 atom stereocenters. The summed E-state index contributed by atoms with van der Waals surface area (Å²) in [5.41, 5.74) is 0. The first-order chi connectivity index (χ1) is 16.7. The van der Waals surface area contributed by atoms with Gasteiger partial charge in [0.15, 0.2) is 0 Å². The van der Waals surface area contributed by atoms with E-state index in [2.05, 4.69) is 39.9 Å². The Bertz CT molecular complexity index is 516. The number of carbonyl (C=O) groups is 1. The Balaban J connectivity index is 1.97. The van der Waals surface area contributed by atoms with Gasteiger partial charge in [-0.2, -0.15) is 0 Å². The fraction of sp³-hybridized carbons (Fsp3) is 0.968. The molecule has 1 N–H and O–H groups in total. The molecule has 4 heteroatoms. The third-order valence-corrected chi connectivity index (χ3v) is 8.07. The van der Waals surface area contributed by atoms with Gasteiger partial charge in [-0.25, -0.2) is 4.79 Å². The number of rotatable bonds is 19. The van der Waals surface area contributed by atoms with Crippen LogP contribution in [0.2, 0.25) is 0 Å². The highest BCUT2D eigenvalue weighted by atomic mass is 16.5. The first-order valence-corrected chi connectivity index (χ1v) is 15.4. The molecule has 0 saturated carbocycles. The lowest BCUT2D eigenvalue weighted by molar-refractivity contribution is -0.0545. The number of nitrogens with one attached hydrogen (secondary N) is 1. The Morgan fingerprint density at radius 3 is 1.57 bits per heavy atom. The van der Waals surface area contributed by atoms with Gasteiger partial charge < -0.3 is 15.0 Å².